The lowest BCUT2D eigenvalue weighted by Gasteiger charge is -2.05. The Hall–Kier alpha value is -2.47. The lowest BCUT2D eigenvalue weighted by atomic mass is 10.1. The highest BCUT2D eigenvalue weighted by Crippen LogP contribution is 2.21. The smallest absolute Gasteiger partial charge is 0.251 e. The van der Waals surface area contributed by atoms with Crippen LogP contribution in [0.2, 0.25) is 0 Å². The summed E-state index contributed by atoms with van der Waals surface area (Å²) >= 11 is 1.54. The number of benzene rings is 1. The van der Waals surface area contributed by atoms with Crippen molar-refractivity contribution in [1.29, 1.82) is 0 Å². The average Bonchev–Trinajstić information content (AvgIpc) is 3.18. The van der Waals surface area contributed by atoms with E-state index in [-0.39, 0.29) is 12.5 Å². The molecule has 0 aliphatic carbocycles. The second-order valence-electron chi connectivity index (χ2n) is 4.97. The van der Waals surface area contributed by atoms with Gasteiger partial charge in [0.1, 0.15) is 0 Å². The molecule has 0 bridgehead atoms. The van der Waals surface area contributed by atoms with E-state index in [1.807, 2.05) is 49.6 Å². The van der Waals surface area contributed by atoms with Gasteiger partial charge in [-0.05, 0) is 48.6 Å². The average molecular weight is 313 g/mol. The fourth-order valence-electron chi connectivity index (χ4n) is 1.97. The van der Waals surface area contributed by atoms with Crippen LogP contribution < -0.4 is 5.32 Å². The minimum absolute atomic E-state index is 0.154. The molecule has 2 heterocycles. The minimum atomic E-state index is -0.154. The third-order valence-electron chi connectivity index (χ3n) is 3.38. The Morgan fingerprint density at radius 2 is 2.14 bits per heavy atom. The van der Waals surface area contributed by atoms with Crippen LogP contribution in [0.15, 0.2) is 40.2 Å². The Bertz CT molecular complexity index is 794. The minimum Gasteiger partial charge on any atom is -0.343 e. The number of carbonyl (C=O) groups excluding carboxylic acids is 1. The van der Waals surface area contributed by atoms with Gasteiger partial charge in [0, 0.05) is 5.56 Å². The molecular formula is C16H15N3O2S. The van der Waals surface area contributed by atoms with Crippen LogP contribution in [0, 0.1) is 13.8 Å². The molecule has 0 fully saturated rings. The van der Waals surface area contributed by atoms with Gasteiger partial charge in [-0.1, -0.05) is 17.3 Å². The monoisotopic (exact) mass is 313 g/mol. The predicted octanol–water partition coefficient (Wildman–Crippen LogP) is 3.34. The van der Waals surface area contributed by atoms with Crippen molar-refractivity contribution < 1.29 is 9.32 Å². The number of amides is 1. The highest BCUT2D eigenvalue weighted by Gasteiger charge is 2.11. The molecule has 0 saturated heterocycles. The van der Waals surface area contributed by atoms with Crippen LogP contribution in [0.5, 0.6) is 0 Å². The Kier molecular flexibility index (Phi) is 4.02. The van der Waals surface area contributed by atoms with Gasteiger partial charge in [0.25, 0.3) is 5.91 Å². The van der Waals surface area contributed by atoms with Gasteiger partial charge in [-0.15, -0.1) is 11.3 Å². The lowest BCUT2D eigenvalue weighted by Crippen LogP contribution is -2.23. The van der Waals surface area contributed by atoms with Gasteiger partial charge < -0.3 is 9.84 Å². The molecule has 3 rings (SSSR count). The molecule has 0 unspecified atom stereocenters. The van der Waals surface area contributed by atoms with Crippen LogP contribution in [0.1, 0.15) is 27.4 Å². The van der Waals surface area contributed by atoms with Gasteiger partial charge in [0.05, 0.1) is 11.4 Å². The molecule has 1 N–H and O–H groups in total. The maximum Gasteiger partial charge on any atom is 0.251 e. The lowest BCUT2D eigenvalue weighted by molar-refractivity contribution is 0.0946. The Morgan fingerprint density at radius 3 is 2.86 bits per heavy atom. The highest BCUT2D eigenvalue weighted by atomic mass is 32.1. The highest BCUT2D eigenvalue weighted by molar-refractivity contribution is 7.13. The van der Waals surface area contributed by atoms with Gasteiger partial charge >= 0.3 is 0 Å². The third kappa shape index (κ3) is 3.07. The van der Waals surface area contributed by atoms with Crippen molar-refractivity contribution in [1.82, 2.24) is 15.5 Å². The molecule has 3 aromatic rings. The van der Waals surface area contributed by atoms with E-state index >= 15 is 0 Å². The first-order chi connectivity index (χ1) is 10.6. The quantitative estimate of drug-likeness (QED) is 0.802. The van der Waals surface area contributed by atoms with E-state index in [0.717, 1.165) is 16.0 Å². The van der Waals surface area contributed by atoms with Crippen molar-refractivity contribution >= 4 is 17.2 Å². The zero-order chi connectivity index (χ0) is 15.5. The summed E-state index contributed by atoms with van der Waals surface area (Å²) in [4.78, 5) is 17.3. The number of nitrogens with zero attached hydrogens (tertiary/aromatic N) is 2. The van der Waals surface area contributed by atoms with E-state index in [1.54, 1.807) is 11.3 Å². The molecule has 2 aromatic heterocycles. The molecule has 22 heavy (non-hydrogen) atoms. The van der Waals surface area contributed by atoms with Gasteiger partial charge in [-0.25, -0.2) is 0 Å². The summed E-state index contributed by atoms with van der Waals surface area (Å²) in [5.41, 5.74) is 2.88. The van der Waals surface area contributed by atoms with Crippen LogP contribution in [-0.2, 0) is 6.54 Å². The summed E-state index contributed by atoms with van der Waals surface area (Å²) in [6, 6.07) is 9.47. The predicted molar refractivity (Wildman–Crippen MR) is 84.7 cm³/mol. The molecule has 0 spiro atoms. The van der Waals surface area contributed by atoms with E-state index in [9.17, 15) is 4.79 Å². The standard InChI is InChI=1S/C16H15N3O2S/c1-10-5-6-12(8-11(10)2)16(20)17-9-14-18-15(19-21-14)13-4-3-7-22-13/h3-8H,9H2,1-2H3,(H,17,20). The third-order valence-corrected chi connectivity index (χ3v) is 4.24. The zero-order valence-corrected chi connectivity index (χ0v) is 13.1. The Morgan fingerprint density at radius 1 is 1.27 bits per heavy atom. The van der Waals surface area contributed by atoms with E-state index in [2.05, 4.69) is 15.5 Å². The van der Waals surface area contributed by atoms with E-state index in [4.69, 9.17) is 4.52 Å². The first-order valence-corrected chi connectivity index (χ1v) is 7.73. The number of rotatable bonds is 4. The molecule has 1 aromatic carbocycles. The van der Waals surface area contributed by atoms with Gasteiger partial charge in [-0.3, -0.25) is 4.79 Å². The maximum atomic E-state index is 12.1. The largest absolute Gasteiger partial charge is 0.343 e. The van der Waals surface area contributed by atoms with Crippen molar-refractivity contribution in [3.05, 3.63) is 58.3 Å². The van der Waals surface area contributed by atoms with Gasteiger partial charge in [-0.2, -0.15) is 4.98 Å². The second kappa shape index (κ2) is 6.11. The topological polar surface area (TPSA) is 68.0 Å². The maximum absolute atomic E-state index is 12.1. The number of aryl methyl sites for hydroxylation is 2. The van der Waals surface area contributed by atoms with Crippen LogP contribution in [0.4, 0.5) is 0 Å². The molecule has 6 heteroatoms. The van der Waals surface area contributed by atoms with Crippen LogP contribution in [0.3, 0.4) is 0 Å². The number of thiophene rings is 1. The van der Waals surface area contributed by atoms with Crippen LogP contribution >= 0.6 is 11.3 Å². The number of carbonyl (C=O) groups is 1. The van der Waals surface area contributed by atoms with E-state index in [1.165, 1.54) is 0 Å². The van der Waals surface area contributed by atoms with Crippen molar-refractivity contribution in [2.75, 3.05) is 0 Å². The molecule has 0 atom stereocenters. The molecule has 0 saturated carbocycles. The SMILES string of the molecule is Cc1ccc(C(=O)NCc2nc(-c3cccs3)no2)cc1C. The van der Waals surface area contributed by atoms with E-state index in [0.29, 0.717) is 17.3 Å². The first kappa shape index (κ1) is 14.5. The van der Waals surface area contributed by atoms with E-state index < -0.39 is 0 Å². The normalized spacial score (nSPS) is 10.6. The van der Waals surface area contributed by atoms with Crippen LogP contribution in [-0.4, -0.2) is 16.0 Å². The number of aromatic nitrogens is 2. The molecule has 5 nitrogen and oxygen atoms in total. The molecule has 1 amide bonds. The summed E-state index contributed by atoms with van der Waals surface area (Å²) < 4.78 is 5.15. The summed E-state index contributed by atoms with van der Waals surface area (Å²) in [5.74, 6) is 0.782. The number of nitrogens with one attached hydrogen (secondary N) is 1. The Balaban J connectivity index is 1.65. The fraction of sp³-hybridized carbons (Fsp3) is 0.188. The van der Waals surface area contributed by atoms with Crippen LogP contribution in [0.25, 0.3) is 10.7 Å². The summed E-state index contributed by atoms with van der Waals surface area (Å²) in [6.07, 6.45) is 0. The molecular weight excluding hydrogens is 298 g/mol. The number of hydrogen-bond acceptors (Lipinski definition) is 5. The van der Waals surface area contributed by atoms with Gasteiger partial charge in [0.15, 0.2) is 0 Å². The second-order valence-corrected chi connectivity index (χ2v) is 5.92. The van der Waals surface area contributed by atoms with Crippen molar-refractivity contribution in [2.45, 2.75) is 20.4 Å². The van der Waals surface area contributed by atoms with Crippen molar-refractivity contribution in [2.24, 2.45) is 0 Å². The summed E-state index contributed by atoms with van der Waals surface area (Å²) in [5, 5.41) is 8.65. The fourth-order valence-corrected chi connectivity index (χ4v) is 2.62. The summed E-state index contributed by atoms with van der Waals surface area (Å²) in [6.45, 7) is 4.21. The molecule has 0 aliphatic rings. The molecule has 112 valence electrons. The molecule has 0 radical (unpaired) electrons. The van der Waals surface area contributed by atoms with Crippen molar-refractivity contribution in [3.63, 3.8) is 0 Å². The van der Waals surface area contributed by atoms with Gasteiger partial charge in [0.2, 0.25) is 11.7 Å². The molecule has 0 aliphatic heterocycles. The van der Waals surface area contributed by atoms with Crippen molar-refractivity contribution in [3.8, 4) is 10.7 Å². The first-order valence-electron chi connectivity index (χ1n) is 6.85. The number of hydrogen-bond donors (Lipinski definition) is 1. The Labute approximate surface area is 132 Å². The zero-order valence-electron chi connectivity index (χ0n) is 12.3. The summed E-state index contributed by atoms with van der Waals surface area (Å²) in [7, 11) is 0.